The van der Waals surface area contributed by atoms with Crippen molar-refractivity contribution in [3.63, 3.8) is 0 Å². The molecule has 29 heavy (non-hydrogen) atoms. The zero-order valence-corrected chi connectivity index (χ0v) is 16.7. The van der Waals surface area contributed by atoms with Crippen LogP contribution in [0.1, 0.15) is 43.1 Å². The Labute approximate surface area is 170 Å². The van der Waals surface area contributed by atoms with E-state index in [2.05, 4.69) is 18.8 Å². The molecule has 1 aliphatic carbocycles. The number of hydrogen-bond donors (Lipinski definition) is 1. The van der Waals surface area contributed by atoms with Crippen molar-refractivity contribution in [3.8, 4) is 17.0 Å². The predicted octanol–water partition coefficient (Wildman–Crippen LogP) is 4.29. The number of pyridine rings is 1. The molecule has 2 heterocycles. The van der Waals surface area contributed by atoms with E-state index < -0.39 is 5.97 Å². The van der Waals surface area contributed by atoms with Gasteiger partial charge >= 0.3 is 5.97 Å². The first-order valence-electron chi connectivity index (χ1n) is 9.98. The van der Waals surface area contributed by atoms with Gasteiger partial charge in [0.05, 0.1) is 17.8 Å². The number of aromatic nitrogens is 3. The van der Waals surface area contributed by atoms with Crippen LogP contribution in [0, 0.1) is 5.92 Å². The van der Waals surface area contributed by atoms with Crippen molar-refractivity contribution in [2.24, 2.45) is 5.92 Å². The summed E-state index contributed by atoms with van der Waals surface area (Å²) < 4.78 is 7.90. The van der Waals surface area contributed by atoms with Crippen LogP contribution < -0.4 is 4.74 Å². The van der Waals surface area contributed by atoms with Crippen LogP contribution in [0.3, 0.4) is 0 Å². The first-order valence-corrected chi connectivity index (χ1v) is 9.98. The van der Waals surface area contributed by atoms with Gasteiger partial charge in [-0.05, 0) is 38.3 Å². The molecule has 1 unspecified atom stereocenters. The number of fused-ring (bicyclic) bond motifs is 1. The predicted molar refractivity (Wildman–Crippen MR) is 110 cm³/mol. The highest BCUT2D eigenvalue weighted by molar-refractivity contribution is 5.72. The van der Waals surface area contributed by atoms with Crippen molar-refractivity contribution in [1.82, 2.24) is 14.8 Å². The number of carboxylic acids is 1. The molecule has 1 N–H and O–H groups in total. The molecule has 0 bridgehead atoms. The zero-order chi connectivity index (χ0) is 20.4. The smallest absolute Gasteiger partial charge is 0.306 e. The number of hydrogen-bond acceptors (Lipinski definition) is 4. The summed E-state index contributed by atoms with van der Waals surface area (Å²) in [4.78, 5) is 15.9. The largest absolute Gasteiger partial charge is 0.487 e. The number of ether oxygens (including phenoxy) is 1. The lowest BCUT2D eigenvalue weighted by Gasteiger charge is -2.21. The lowest BCUT2D eigenvalue weighted by atomic mass is 9.86. The number of rotatable bonds is 6. The van der Waals surface area contributed by atoms with Crippen molar-refractivity contribution >= 4 is 5.97 Å². The average Bonchev–Trinajstić information content (AvgIpc) is 3.12. The topological polar surface area (TPSA) is 77.2 Å². The van der Waals surface area contributed by atoms with E-state index in [1.807, 2.05) is 41.1 Å². The SMILES string of the molecule is CC(C)n1nc(-c2cncc(OCc3ccccc3)c2)c2c1CC(C(=O)O)CC2. The Morgan fingerprint density at radius 3 is 2.79 bits per heavy atom. The third-order valence-corrected chi connectivity index (χ3v) is 5.37. The summed E-state index contributed by atoms with van der Waals surface area (Å²) in [5, 5.41) is 14.3. The van der Waals surface area contributed by atoms with Crippen molar-refractivity contribution in [3.05, 3.63) is 65.6 Å². The van der Waals surface area contributed by atoms with Gasteiger partial charge in [-0.25, -0.2) is 0 Å². The van der Waals surface area contributed by atoms with Gasteiger partial charge in [-0.2, -0.15) is 5.10 Å². The summed E-state index contributed by atoms with van der Waals surface area (Å²) in [7, 11) is 0. The van der Waals surface area contributed by atoms with Crippen molar-refractivity contribution in [2.45, 2.75) is 45.8 Å². The Bertz CT molecular complexity index is 1010. The van der Waals surface area contributed by atoms with Gasteiger partial charge in [0.2, 0.25) is 0 Å². The molecule has 1 atom stereocenters. The molecule has 1 aliphatic rings. The van der Waals surface area contributed by atoms with Gasteiger partial charge in [-0.15, -0.1) is 0 Å². The molecule has 3 aromatic rings. The minimum Gasteiger partial charge on any atom is -0.487 e. The molecule has 150 valence electrons. The molecule has 4 rings (SSSR count). The highest BCUT2D eigenvalue weighted by Crippen LogP contribution is 2.35. The van der Waals surface area contributed by atoms with Gasteiger partial charge in [0.1, 0.15) is 12.4 Å². The molecule has 1 aromatic carbocycles. The Kier molecular flexibility index (Phi) is 5.34. The fourth-order valence-electron chi connectivity index (χ4n) is 3.87. The number of nitrogens with zero attached hydrogens (tertiary/aromatic N) is 3. The van der Waals surface area contributed by atoms with Crippen LogP contribution in [0.4, 0.5) is 0 Å². The van der Waals surface area contributed by atoms with E-state index in [9.17, 15) is 9.90 Å². The molecule has 0 saturated carbocycles. The molecule has 0 spiro atoms. The van der Waals surface area contributed by atoms with Crippen molar-refractivity contribution in [2.75, 3.05) is 0 Å². The van der Waals surface area contributed by atoms with E-state index in [4.69, 9.17) is 9.84 Å². The summed E-state index contributed by atoms with van der Waals surface area (Å²) in [6, 6.07) is 12.1. The number of aliphatic carboxylic acids is 1. The maximum Gasteiger partial charge on any atom is 0.306 e. The normalized spacial score (nSPS) is 15.9. The molecule has 6 heteroatoms. The molecule has 0 aliphatic heterocycles. The molecule has 6 nitrogen and oxygen atoms in total. The molecule has 0 saturated heterocycles. The van der Waals surface area contributed by atoms with E-state index in [1.165, 1.54) is 0 Å². The maximum atomic E-state index is 11.5. The standard InChI is InChI=1S/C23H25N3O3/c1-15(2)26-21-11-17(23(27)28)8-9-20(21)22(25-26)18-10-19(13-24-12-18)29-14-16-6-4-3-5-7-16/h3-7,10,12-13,15,17H,8-9,11,14H2,1-2H3,(H,27,28). The zero-order valence-electron chi connectivity index (χ0n) is 16.7. The number of benzene rings is 1. The van der Waals surface area contributed by atoms with Crippen LogP contribution in [-0.4, -0.2) is 25.8 Å². The summed E-state index contributed by atoms with van der Waals surface area (Å²) in [6.07, 6.45) is 5.37. The Morgan fingerprint density at radius 1 is 1.28 bits per heavy atom. The van der Waals surface area contributed by atoms with Gasteiger partial charge in [-0.1, -0.05) is 30.3 Å². The molecule has 2 aromatic heterocycles. The van der Waals surface area contributed by atoms with Gasteiger partial charge in [0.25, 0.3) is 0 Å². The van der Waals surface area contributed by atoms with Crippen LogP contribution >= 0.6 is 0 Å². The van der Waals surface area contributed by atoms with E-state index in [0.29, 0.717) is 31.6 Å². The second-order valence-electron chi connectivity index (χ2n) is 7.77. The number of carboxylic acid groups (broad SMARTS) is 1. The van der Waals surface area contributed by atoms with Gasteiger partial charge in [0.15, 0.2) is 0 Å². The van der Waals surface area contributed by atoms with E-state index >= 15 is 0 Å². The molecule has 0 amide bonds. The summed E-state index contributed by atoms with van der Waals surface area (Å²) in [5.74, 6) is -0.381. The second-order valence-corrected chi connectivity index (χ2v) is 7.77. The van der Waals surface area contributed by atoms with Gasteiger partial charge in [0, 0.05) is 35.5 Å². The fraction of sp³-hybridized carbons (Fsp3) is 0.348. The minimum atomic E-state index is -0.730. The summed E-state index contributed by atoms with van der Waals surface area (Å²) >= 11 is 0. The van der Waals surface area contributed by atoms with E-state index in [1.54, 1.807) is 12.4 Å². The minimum absolute atomic E-state index is 0.163. The maximum absolute atomic E-state index is 11.5. The van der Waals surface area contributed by atoms with Crippen LogP contribution in [0.2, 0.25) is 0 Å². The second kappa shape index (κ2) is 8.07. The average molecular weight is 391 g/mol. The van der Waals surface area contributed by atoms with Crippen molar-refractivity contribution in [1.29, 1.82) is 0 Å². The lowest BCUT2D eigenvalue weighted by Crippen LogP contribution is -2.24. The first kappa shape index (κ1) is 19.2. The summed E-state index contributed by atoms with van der Waals surface area (Å²) in [5.41, 5.74) is 5.05. The molecular weight excluding hydrogens is 366 g/mol. The third kappa shape index (κ3) is 4.01. The Morgan fingerprint density at radius 2 is 2.07 bits per heavy atom. The molecule has 0 radical (unpaired) electrons. The van der Waals surface area contributed by atoms with Gasteiger partial charge in [-0.3, -0.25) is 14.5 Å². The van der Waals surface area contributed by atoms with E-state index in [0.717, 1.165) is 28.1 Å². The molecule has 0 fully saturated rings. The third-order valence-electron chi connectivity index (χ3n) is 5.37. The molecular formula is C23H25N3O3. The van der Waals surface area contributed by atoms with E-state index in [-0.39, 0.29) is 12.0 Å². The van der Waals surface area contributed by atoms with Crippen LogP contribution in [-0.2, 0) is 24.2 Å². The highest BCUT2D eigenvalue weighted by atomic mass is 16.5. The summed E-state index contributed by atoms with van der Waals surface area (Å²) in [6.45, 7) is 4.61. The Hall–Kier alpha value is -3.15. The fourth-order valence-corrected chi connectivity index (χ4v) is 3.87. The highest BCUT2D eigenvalue weighted by Gasteiger charge is 2.31. The van der Waals surface area contributed by atoms with Crippen molar-refractivity contribution < 1.29 is 14.6 Å². The van der Waals surface area contributed by atoms with Gasteiger partial charge < -0.3 is 9.84 Å². The Balaban J connectivity index is 1.63. The quantitative estimate of drug-likeness (QED) is 0.678. The van der Waals surface area contributed by atoms with Crippen LogP contribution in [0.25, 0.3) is 11.3 Å². The lowest BCUT2D eigenvalue weighted by molar-refractivity contribution is -0.142. The number of carbonyl (C=O) groups is 1. The van der Waals surface area contributed by atoms with Crippen LogP contribution in [0.15, 0.2) is 48.8 Å². The first-order chi connectivity index (χ1) is 14.0. The monoisotopic (exact) mass is 391 g/mol. The van der Waals surface area contributed by atoms with Crippen LogP contribution in [0.5, 0.6) is 5.75 Å².